The summed E-state index contributed by atoms with van der Waals surface area (Å²) in [4.78, 5) is 8.17. The number of nitrogens with zero attached hydrogens (tertiary/aromatic N) is 2. The largest absolute Gasteiger partial charge is 0.241 e. The fraction of sp³-hybridized carbons (Fsp3) is 0.167. The molecule has 0 atom stereocenters. The third kappa shape index (κ3) is 2.02. The normalized spacial score (nSPS) is 10.4. The summed E-state index contributed by atoms with van der Waals surface area (Å²) in [5.74, 6) is -0.492. The molecule has 0 radical (unpaired) electrons. The first-order valence-corrected chi connectivity index (χ1v) is 5.71. The van der Waals surface area contributed by atoms with Crippen molar-refractivity contribution in [2.75, 3.05) is 0 Å². The predicted molar refractivity (Wildman–Crippen MR) is 63.9 cm³/mol. The van der Waals surface area contributed by atoms with Gasteiger partial charge in [0.25, 0.3) is 0 Å². The molecule has 2 aromatic heterocycles. The molecule has 2 nitrogen and oxygen atoms in total. The van der Waals surface area contributed by atoms with Crippen molar-refractivity contribution < 1.29 is 4.39 Å². The van der Waals surface area contributed by atoms with E-state index in [4.69, 9.17) is 0 Å². The third-order valence-electron chi connectivity index (χ3n) is 2.28. The molecule has 0 saturated carbocycles. The highest BCUT2D eigenvalue weighted by Gasteiger charge is 2.10. The van der Waals surface area contributed by atoms with Crippen LogP contribution in [-0.4, -0.2) is 9.97 Å². The number of aryl methyl sites for hydroxylation is 2. The number of aromatic nitrogens is 2. The lowest BCUT2D eigenvalue weighted by atomic mass is 10.1. The molecule has 0 aliphatic rings. The van der Waals surface area contributed by atoms with Gasteiger partial charge < -0.3 is 0 Å². The fourth-order valence-corrected chi connectivity index (χ4v) is 2.06. The summed E-state index contributed by atoms with van der Waals surface area (Å²) in [5.41, 5.74) is 2.91. The maximum atomic E-state index is 13.1. The van der Waals surface area contributed by atoms with E-state index in [1.54, 1.807) is 17.4 Å². The highest BCUT2D eigenvalue weighted by Crippen LogP contribution is 2.23. The van der Waals surface area contributed by atoms with Gasteiger partial charge >= 0.3 is 0 Å². The molecule has 0 spiro atoms. The topological polar surface area (TPSA) is 25.8 Å². The van der Waals surface area contributed by atoms with Crippen molar-refractivity contribution in [3.63, 3.8) is 0 Å². The third-order valence-corrected chi connectivity index (χ3v) is 3.05. The highest BCUT2D eigenvalue weighted by atomic mass is 32.1. The Morgan fingerprint density at radius 2 is 2.06 bits per heavy atom. The van der Waals surface area contributed by atoms with Crippen LogP contribution in [0.1, 0.15) is 22.0 Å². The molecule has 2 aromatic rings. The summed E-state index contributed by atoms with van der Waals surface area (Å²) < 4.78 is 13.1. The number of hydrogen-bond acceptors (Lipinski definition) is 3. The van der Waals surface area contributed by atoms with E-state index in [0.29, 0.717) is 11.3 Å². The second-order valence-electron chi connectivity index (χ2n) is 3.53. The summed E-state index contributed by atoms with van der Waals surface area (Å²) in [5, 5.41) is 2.87. The fourth-order valence-electron chi connectivity index (χ4n) is 1.43. The second kappa shape index (κ2) is 4.14. The van der Waals surface area contributed by atoms with Gasteiger partial charge in [-0.1, -0.05) is 12.6 Å². The maximum Gasteiger partial charge on any atom is 0.213 e. The summed E-state index contributed by atoms with van der Waals surface area (Å²) in [7, 11) is 0. The Morgan fingerprint density at radius 3 is 2.69 bits per heavy atom. The van der Waals surface area contributed by atoms with Gasteiger partial charge in [-0.3, -0.25) is 0 Å². The molecular formula is C12H11FN2S. The van der Waals surface area contributed by atoms with E-state index in [1.165, 1.54) is 6.07 Å². The molecule has 2 rings (SSSR count). The molecule has 82 valence electrons. The monoisotopic (exact) mass is 234 g/mol. The first kappa shape index (κ1) is 11.0. The lowest BCUT2D eigenvalue weighted by Gasteiger charge is -2.05. The Labute approximate surface area is 97.5 Å². The van der Waals surface area contributed by atoms with Gasteiger partial charge in [-0.2, -0.15) is 4.39 Å². The van der Waals surface area contributed by atoms with Crippen LogP contribution in [0.2, 0.25) is 0 Å². The van der Waals surface area contributed by atoms with E-state index in [2.05, 4.69) is 16.5 Å². The Bertz CT molecular complexity index is 546. The maximum absolute atomic E-state index is 13.1. The van der Waals surface area contributed by atoms with Crippen LogP contribution in [0.5, 0.6) is 0 Å². The molecule has 0 unspecified atom stereocenters. The molecule has 16 heavy (non-hydrogen) atoms. The average molecular weight is 234 g/mol. The lowest BCUT2D eigenvalue weighted by molar-refractivity contribution is 0.581. The molecule has 0 bridgehead atoms. The van der Waals surface area contributed by atoms with E-state index < -0.39 is 5.95 Å². The van der Waals surface area contributed by atoms with Crippen molar-refractivity contribution in [3.8, 4) is 0 Å². The number of hydrogen-bond donors (Lipinski definition) is 0. The molecule has 0 amide bonds. The first-order valence-electron chi connectivity index (χ1n) is 4.83. The van der Waals surface area contributed by atoms with Crippen LogP contribution in [0.4, 0.5) is 4.39 Å². The summed E-state index contributed by atoms with van der Waals surface area (Å²) in [6.07, 6.45) is 0. The van der Waals surface area contributed by atoms with E-state index in [-0.39, 0.29) is 0 Å². The molecule has 0 aliphatic heterocycles. The Kier molecular flexibility index (Phi) is 2.83. The minimum Gasteiger partial charge on any atom is -0.241 e. The van der Waals surface area contributed by atoms with Gasteiger partial charge in [0, 0.05) is 11.0 Å². The van der Waals surface area contributed by atoms with E-state index in [0.717, 1.165) is 16.3 Å². The smallest absolute Gasteiger partial charge is 0.213 e. The number of thiazole rings is 1. The second-order valence-corrected chi connectivity index (χ2v) is 4.59. The van der Waals surface area contributed by atoms with E-state index in [1.807, 2.05) is 19.2 Å². The Morgan fingerprint density at radius 1 is 1.31 bits per heavy atom. The van der Waals surface area contributed by atoms with Gasteiger partial charge in [-0.25, -0.2) is 9.97 Å². The zero-order valence-electron chi connectivity index (χ0n) is 9.12. The summed E-state index contributed by atoms with van der Waals surface area (Å²) >= 11 is 1.54. The molecule has 0 aliphatic carbocycles. The van der Waals surface area contributed by atoms with E-state index in [9.17, 15) is 4.39 Å². The van der Waals surface area contributed by atoms with Crippen molar-refractivity contribution in [3.05, 3.63) is 52.0 Å². The lowest BCUT2D eigenvalue weighted by Crippen LogP contribution is -1.97. The van der Waals surface area contributed by atoms with Gasteiger partial charge in [0.05, 0.1) is 16.4 Å². The Hall–Kier alpha value is -1.55. The SMILES string of the molecule is C=C(c1csc(C)n1)c1nc(F)ccc1C. The molecule has 0 aromatic carbocycles. The van der Waals surface area contributed by atoms with Crippen molar-refractivity contribution in [2.45, 2.75) is 13.8 Å². The summed E-state index contributed by atoms with van der Waals surface area (Å²) in [6, 6.07) is 3.04. The Balaban J connectivity index is 2.45. The van der Waals surface area contributed by atoms with Crippen molar-refractivity contribution in [2.24, 2.45) is 0 Å². The van der Waals surface area contributed by atoms with Crippen molar-refractivity contribution >= 4 is 16.9 Å². The van der Waals surface area contributed by atoms with Crippen LogP contribution < -0.4 is 0 Å². The quantitative estimate of drug-likeness (QED) is 0.745. The molecule has 0 fully saturated rings. The standard InChI is InChI=1S/C12H11FN2S/c1-7-4-5-11(13)15-12(7)8(2)10-6-16-9(3)14-10/h4-6H,2H2,1,3H3. The highest BCUT2D eigenvalue weighted by molar-refractivity contribution is 7.09. The van der Waals surface area contributed by atoms with Crippen molar-refractivity contribution in [1.29, 1.82) is 0 Å². The minimum atomic E-state index is -0.492. The van der Waals surface area contributed by atoms with Gasteiger partial charge in [0.1, 0.15) is 0 Å². The van der Waals surface area contributed by atoms with Crippen LogP contribution in [0.15, 0.2) is 24.1 Å². The van der Waals surface area contributed by atoms with Gasteiger partial charge in [0.15, 0.2) is 0 Å². The number of halogens is 1. The molecular weight excluding hydrogens is 223 g/mol. The van der Waals surface area contributed by atoms with Crippen LogP contribution in [0.25, 0.3) is 5.57 Å². The van der Waals surface area contributed by atoms with Crippen LogP contribution >= 0.6 is 11.3 Å². The number of rotatable bonds is 2. The molecule has 4 heteroatoms. The van der Waals surface area contributed by atoms with Gasteiger partial charge in [0.2, 0.25) is 5.95 Å². The molecule has 0 N–H and O–H groups in total. The predicted octanol–water partition coefficient (Wildman–Crippen LogP) is 3.36. The van der Waals surface area contributed by atoms with Gasteiger partial charge in [-0.05, 0) is 25.5 Å². The van der Waals surface area contributed by atoms with Crippen LogP contribution in [0.3, 0.4) is 0 Å². The summed E-state index contributed by atoms with van der Waals surface area (Å²) in [6.45, 7) is 7.73. The zero-order chi connectivity index (χ0) is 11.7. The number of pyridine rings is 1. The average Bonchev–Trinajstić information content (AvgIpc) is 2.67. The van der Waals surface area contributed by atoms with E-state index >= 15 is 0 Å². The first-order chi connectivity index (χ1) is 7.58. The van der Waals surface area contributed by atoms with Crippen LogP contribution in [0, 0.1) is 19.8 Å². The van der Waals surface area contributed by atoms with Crippen LogP contribution in [-0.2, 0) is 0 Å². The minimum absolute atomic E-state index is 0.492. The molecule has 0 saturated heterocycles. The molecule has 2 heterocycles. The van der Waals surface area contributed by atoms with Gasteiger partial charge in [-0.15, -0.1) is 11.3 Å². The zero-order valence-corrected chi connectivity index (χ0v) is 9.94. The van der Waals surface area contributed by atoms with Crippen molar-refractivity contribution in [1.82, 2.24) is 9.97 Å².